The quantitative estimate of drug-likeness (QED) is 0.197. The zero-order valence-electron chi connectivity index (χ0n) is 26.1. The second-order valence-electron chi connectivity index (χ2n) is 12.4. The third-order valence-corrected chi connectivity index (χ3v) is 9.22. The van der Waals surface area contributed by atoms with Crippen LogP contribution in [0.1, 0.15) is 30.5 Å². The molecule has 0 spiro atoms. The van der Waals surface area contributed by atoms with E-state index in [9.17, 15) is 5.26 Å². The van der Waals surface area contributed by atoms with Gasteiger partial charge < -0.3 is 0 Å². The number of nitrogens with zero attached hydrogens (tertiary/aromatic N) is 4. The van der Waals surface area contributed by atoms with Gasteiger partial charge in [0.1, 0.15) is 0 Å². The molecule has 222 valence electrons. The second-order valence-corrected chi connectivity index (χ2v) is 12.4. The van der Waals surface area contributed by atoms with Gasteiger partial charge in [0.15, 0.2) is 17.5 Å². The van der Waals surface area contributed by atoms with Crippen LogP contribution < -0.4 is 0 Å². The molecule has 0 unspecified atom stereocenters. The Morgan fingerprint density at radius 2 is 1.00 bits per heavy atom. The highest BCUT2D eigenvalue weighted by Gasteiger charge is 2.37. The molecule has 1 aliphatic carbocycles. The van der Waals surface area contributed by atoms with Gasteiger partial charge in [0.05, 0.1) is 11.6 Å². The SMILES string of the molecule is CC1(C)c2cc(-c3ccc(-c4ccccc4-c4nc(-c5ccccc5)nc(-c5ccccc5)n4)cc3)ccc2-c2c(C#N)cccc21. The molecule has 47 heavy (non-hydrogen) atoms. The fraction of sp³-hybridized carbons (Fsp3) is 0.0698. The lowest BCUT2D eigenvalue weighted by Gasteiger charge is -2.22. The van der Waals surface area contributed by atoms with Gasteiger partial charge in [-0.25, -0.2) is 15.0 Å². The first-order valence-electron chi connectivity index (χ1n) is 15.8. The highest BCUT2D eigenvalue weighted by molar-refractivity contribution is 5.88. The van der Waals surface area contributed by atoms with Crippen molar-refractivity contribution in [3.05, 3.63) is 162 Å². The lowest BCUT2D eigenvalue weighted by Crippen LogP contribution is -2.15. The molecule has 1 aromatic heterocycles. The van der Waals surface area contributed by atoms with Gasteiger partial charge in [-0.3, -0.25) is 0 Å². The summed E-state index contributed by atoms with van der Waals surface area (Å²) in [5.74, 6) is 1.92. The Bertz CT molecular complexity index is 2260. The van der Waals surface area contributed by atoms with E-state index in [0.717, 1.165) is 55.6 Å². The van der Waals surface area contributed by atoms with Gasteiger partial charge in [0.2, 0.25) is 0 Å². The van der Waals surface area contributed by atoms with Gasteiger partial charge in [-0.2, -0.15) is 5.26 Å². The van der Waals surface area contributed by atoms with Crippen LogP contribution in [0.2, 0.25) is 0 Å². The smallest absolute Gasteiger partial charge is 0.164 e. The summed E-state index contributed by atoms with van der Waals surface area (Å²) in [6.45, 7) is 4.49. The summed E-state index contributed by atoms with van der Waals surface area (Å²) in [5, 5.41) is 9.81. The van der Waals surface area contributed by atoms with E-state index in [4.69, 9.17) is 15.0 Å². The molecule has 7 aromatic rings. The largest absolute Gasteiger partial charge is 0.208 e. The first-order valence-corrected chi connectivity index (χ1v) is 15.8. The predicted molar refractivity (Wildman–Crippen MR) is 189 cm³/mol. The first-order chi connectivity index (χ1) is 23.0. The second kappa shape index (κ2) is 11.3. The number of nitriles is 1. The molecular formula is C43H30N4. The first kappa shape index (κ1) is 28.3. The summed E-state index contributed by atoms with van der Waals surface area (Å²) in [6, 6.07) is 52.2. The number of hydrogen-bond donors (Lipinski definition) is 0. The minimum Gasteiger partial charge on any atom is -0.208 e. The molecule has 4 heteroatoms. The Hall–Kier alpha value is -6.18. The van der Waals surface area contributed by atoms with E-state index in [-0.39, 0.29) is 5.41 Å². The molecule has 4 nitrogen and oxygen atoms in total. The third kappa shape index (κ3) is 4.90. The number of benzene rings is 6. The molecule has 0 saturated carbocycles. The molecule has 6 aromatic carbocycles. The monoisotopic (exact) mass is 602 g/mol. The average molecular weight is 603 g/mol. The minimum absolute atomic E-state index is 0.186. The molecular weight excluding hydrogens is 573 g/mol. The van der Waals surface area contributed by atoms with E-state index >= 15 is 0 Å². The summed E-state index contributed by atoms with van der Waals surface area (Å²) >= 11 is 0. The average Bonchev–Trinajstić information content (AvgIpc) is 3.38. The zero-order valence-corrected chi connectivity index (χ0v) is 26.1. The Labute approximate surface area is 274 Å². The normalized spacial score (nSPS) is 12.6. The Morgan fingerprint density at radius 1 is 0.447 bits per heavy atom. The zero-order chi connectivity index (χ0) is 32.0. The van der Waals surface area contributed by atoms with Crippen molar-refractivity contribution in [2.75, 3.05) is 0 Å². The number of hydrogen-bond acceptors (Lipinski definition) is 4. The lowest BCUT2D eigenvalue weighted by molar-refractivity contribution is 0.660. The molecule has 0 radical (unpaired) electrons. The van der Waals surface area contributed by atoms with Crippen molar-refractivity contribution in [2.24, 2.45) is 0 Å². The molecule has 0 N–H and O–H groups in total. The fourth-order valence-electron chi connectivity index (χ4n) is 6.76. The van der Waals surface area contributed by atoms with Gasteiger partial charge in [0.25, 0.3) is 0 Å². The van der Waals surface area contributed by atoms with Crippen molar-refractivity contribution >= 4 is 0 Å². The van der Waals surface area contributed by atoms with Crippen LogP contribution >= 0.6 is 0 Å². The molecule has 8 rings (SSSR count). The van der Waals surface area contributed by atoms with Crippen LogP contribution in [0.25, 0.3) is 67.5 Å². The molecule has 0 fully saturated rings. The summed E-state index contributed by atoms with van der Waals surface area (Å²) in [5.41, 5.74) is 12.5. The maximum Gasteiger partial charge on any atom is 0.164 e. The van der Waals surface area contributed by atoms with Crippen LogP contribution in [0, 0.1) is 11.3 Å². The van der Waals surface area contributed by atoms with Gasteiger partial charge in [-0.15, -0.1) is 0 Å². The van der Waals surface area contributed by atoms with Crippen LogP contribution in [0.5, 0.6) is 0 Å². The highest BCUT2D eigenvalue weighted by Crippen LogP contribution is 2.50. The topological polar surface area (TPSA) is 62.5 Å². The van der Waals surface area contributed by atoms with E-state index in [1.807, 2.05) is 78.9 Å². The lowest BCUT2D eigenvalue weighted by atomic mass is 9.81. The van der Waals surface area contributed by atoms with E-state index in [1.165, 1.54) is 11.1 Å². The third-order valence-electron chi connectivity index (χ3n) is 9.22. The van der Waals surface area contributed by atoms with Crippen LogP contribution in [0.3, 0.4) is 0 Å². The van der Waals surface area contributed by atoms with Crippen LogP contribution in [0.4, 0.5) is 0 Å². The van der Waals surface area contributed by atoms with Gasteiger partial charge >= 0.3 is 0 Å². The molecule has 0 saturated heterocycles. The van der Waals surface area contributed by atoms with Crippen molar-refractivity contribution in [1.29, 1.82) is 5.26 Å². The van der Waals surface area contributed by atoms with Crippen molar-refractivity contribution in [1.82, 2.24) is 15.0 Å². The summed E-state index contributed by atoms with van der Waals surface area (Å²) in [4.78, 5) is 14.8. The molecule has 1 aliphatic rings. The fourth-order valence-corrected chi connectivity index (χ4v) is 6.76. The predicted octanol–water partition coefficient (Wildman–Crippen LogP) is 10.4. The summed E-state index contributed by atoms with van der Waals surface area (Å²) in [7, 11) is 0. The number of fused-ring (bicyclic) bond motifs is 3. The van der Waals surface area contributed by atoms with Crippen molar-refractivity contribution in [2.45, 2.75) is 19.3 Å². The Balaban J connectivity index is 1.19. The number of aromatic nitrogens is 3. The van der Waals surface area contributed by atoms with E-state index in [2.05, 4.69) is 86.6 Å². The minimum atomic E-state index is -0.186. The molecule has 0 aliphatic heterocycles. The Morgan fingerprint density at radius 3 is 1.64 bits per heavy atom. The van der Waals surface area contributed by atoms with Crippen molar-refractivity contribution in [3.63, 3.8) is 0 Å². The maximum absolute atomic E-state index is 9.81. The summed E-state index contributed by atoms with van der Waals surface area (Å²) in [6.07, 6.45) is 0. The molecule has 0 bridgehead atoms. The maximum atomic E-state index is 9.81. The van der Waals surface area contributed by atoms with Crippen LogP contribution in [-0.4, -0.2) is 15.0 Å². The standard InChI is InChI=1S/C43H30N4/c1-43(2)37-19-11-16-33(27-44)39(37)36-25-24-32(26-38(36)43)28-20-22-29(23-21-28)34-17-9-10-18-35(34)42-46-40(30-12-5-3-6-13-30)45-41(47-42)31-14-7-4-8-15-31/h3-26H,1-2H3. The van der Waals surface area contributed by atoms with Crippen molar-refractivity contribution in [3.8, 4) is 73.6 Å². The van der Waals surface area contributed by atoms with Gasteiger partial charge in [-0.1, -0.05) is 147 Å². The number of rotatable bonds is 5. The molecule has 0 amide bonds. The van der Waals surface area contributed by atoms with Crippen molar-refractivity contribution < 1.29 is 0 Å². The highest BCUT2D eigenvalue weighted by atomic mass is 15.0. The van der Waals surface area contributed by atoms with E-state index in [1.54, 1.807) is 0 Å². The Kier molecular flexibility index (Phi) is 6.82. The van der Waals surface area contributed by atoms with E-state index < -0.39 is 0 Å². The summed E-state index contributed by atoms with van der Waals surface area (Å²) < 4.78 is 0. The van der Waals surface area contributed by atoms with Crippen LogP contribution in [0.15, 0.2) is 146 Å². The van der Waals surface area contributed by atoms with E-state index in [0.29, 0.717) is 17.5 Å². The van der Waals surface area contributed by atoms with Crippen LogP contribution in [-0.2, 0) is 5.41 Å². The van der Waals surface area contributed by atoms with Gasteiger partial charge in [0, 0.05) is 27.7 Å². The molecule has 1 heterocycles. The van der Waals surface area contributed by atoms with Gasteiger partial charge in [-0.05, 0) is 51.1 Å². The molecule has 0 atom stereocenters.